The standard InChI is InChI=1S/C52H87NO8/c1-6-8-10-12-14-16-18-20-21-22-23-24-25-26-27-28-29-31-33-35-37-39-41-43-50(55)61-48(47-60-52(51(56)57)58-45-44-53(3,4)5)46-59-49(54)42-40-38-36-34-32-30-19-17-15-13-11-9-7-2/h8-11,14-17,20-21,23-24,30,32,48,52H,6-7,12-13,18-19,22,25-29,31,33-47H2,1-5H3/p+1/b10-8-,11-9-,16-14-,17-15-,21-20-,24-23-,32-30-. The number of aliphatic carboxylic acids is 1. The van der Waals surface area contributed by atoms with Crippen LogP contribution in [0.3, 0.4) is 0 Å². The Bertz CT molecular complexity index is 1270. The first-order valence-electron chi connectivity index (χ1n) is 23.8. The van der Waals surface area contributed by atoms with Gasteiger partial charge < -0.3 is 28.5 Å². The van der Waals surface area contributed by atoms with Crippen molar-refractivity contribution in [3.05, 3.63) is 85.1 Å². The van der Waals surface area contributed by atoms with Crippen LogP contribution in [0, 0.1) is 0 Å². The minimum absolute atomic E-state index is 0.178. The van der Waals surface area contributed by atoms with Gasteiger partial charge in [-0.05, 0) is 83.5 Å². The normalized spacial score (nSPS) is 13.7. The Labute approximate surface area is 372 Å². The van der Waals surface area contributed by atoms with Gasteiger partial charge in [0.15, 0.2) is 6.10 Å². The number of likely N-dealkylation sites (N-methyl/N-ethyl adjacent to an activating group) is 1. The molecule has 9 heteroatoms. The molecule has 0 saturated heterocycles. The molecule has 0 aliphatic heterocycles. The molecule has 0 heterocycles. The van der Waals surface area contributed by atoms with Gasteiger partial charge in [-0.2, -0.15) is 0 Å². The van der Waals surface area contributed by atoms with Gasteiger partial charge in [0.2, 0.25) is 0 Å². The zero-order valence-electron chi connectivity index (χ0n) is 39.3. The Morgan fingerprint density at radius 1 is 0.492 bits per heavy atom. The number of nitrogens with zero attached hydrogens (tertiary/aromatic N) is 1. The van der Waals surface area contributed by atoms with Gasteiger partial charge in [-0.1, -0.05) is 157 Å². The number of carboxylic acid groups (broad SMARTS) is 1. The molecule has 0 aromatic heterocycles. The zero-order chi connectivity index (χ0) is 44.9. The van der Waals surface area contributed by atoms with Gasteiger partial charge in [-0.3, -0.25) is 9.59 Å². The van der Waals surface area contributed by atoms with Crippen LogP contribution in [0.4, 0.5) is 0 Å². The second-order valence-corrected chi connectivity index (χ2v) is 16.7. The number of unbranched alkanes of at least 4 members (excludes halogenated alkanes) is 13. The number of rotatable bonds is 42. The summed E-state index contributed by atoms with van der Waals surface area (Å²) in [5, 5.41) is 9.65. The maximum atomic E-state index is 12.8. The van der Waals surface area contributed by atoms with Crippen LogP contribution in [-0.4, -0.2) is 87.4 Å². The summed E-state index contributed by atoms with van der Waals surface area (Å²) < 4.78 is 22.7. The monoisotopic (exact) mass is 855 g/mol. The van der Waals surface area contributed by atoms with Gasteiger partial charge in [0.05, 0.1) is 34.4 Å². The third-order valence-electron chi connectivity index (χ3n) is 9.65. The first kappa shape index (κ1) is 57.5. The Kier molecular flexibility index (Phi) is 40.6. The fraction of sp³-hybridized carbons (Fsp3) is 0.673. The summed E-state index contributed by atoms with van der Waals surface area (Å²) in [6.07, 6.45) is 52.2. The van der Waals surface area contributed by atoms with Crippen molar-refractivity contribution in [3.8, 4) is 0 Å². The van der Waals surface area contributed by atoms with Crippen molar-refractivity contribution >= 4 is 17.9 Å². The van der Waals surface area contributed by atoms with Crippen molar-refractivity contribution in [2.24, 2.45) is 0 Å². The lowest BCUT2D eigenvalue weighted by molar-refractivity contribution is -0.870. The molecular weight excluding hydrogens is 767 g/mol. The van der Waals surface area contributed by atoms with Crippen molar-refractivity contribution in [1.29, 1.82) is 0 Å². The first-order valence-corrected chi connectivity index (χ1v) is 23.8. The van der Waals surface area contributed by atoms with Crippen molar-refractivity contribution in [2.45, 2.75) is 180 Å². The molecule has 61 heavy (non-hydrogen) atoms. The second-order valence-electron chi connectivity index (χ2n) is 16.7. The van der Waals surface area contributed by atoms with Crippen LogP contribution in [-0.2, 0) is 33.3 Å². The van der Waals surface area contributed by atoms with E-state index in [-0.39, 0.29) is 38.6 Å². The van der Waals surface area contributed by atoms with Crippen LogP contribution in [0.1, 0.15) is 168 Å². The molecule has 0 amide bonds. The molecule has 0 radical (unpaired) electrons. The van der Waals surface area contributed by atoms with Crippen LogP contribution in [0.25, 0.3) is 0 Å². The highest BCUT2D eigenvalue weighted by Crippen LogP contribution is 2.14. The van der Waals surface area contributed by atoms with Gasteiger partial charge in [0.1, 0.15) is 13.2 Å². The van der Waals surface area contributed by atoms with Crippen molar-refractivity contribution < 1.29 is 42.9 Å². The molecule has 1 N–H and O–H groups in total. The molecule has 0 saturated carbocycles. The highest BCUT2D eigenvalue weighted by atomic mass is 16.7. The third-order valence-corrected chi connectivity index (χ3v) is 9.65. The van der Waals surface area contributed by atoms with Crippen LogP contribution < -0.4 is 0 Å². The van der Waals surface area contributed by atoms with E-state index in [1.165, 1.54) is 38.5 Å². The molecule has 0 aromatic carbocycles. The van der Waals surface area contributed by atoms with Crippen LogP contribution in [0.15, 0.2) is 85.1 Å². The summed E-state index contributed by atoms with van der Waals surface area (Å²) in [5.74, 6) is -2.06. The third kappa shape index (κ3) is 44.3. The minimum Gasteiger partial charge on any atom is -0.477 e. The second kappa shape index (κ2) is 43.1. The summed E-state index contributed by atoms with van der Waals surface area (Å²) >= 11 is 0. The summed E-state index contributed by atoms with van der Waals surface area (Å²) in [7, 11) is 5.94. The number of quaternary nitrogens is 1. The van der Waals surface area contributed by atoms with Crippen molar-refractivity contribution in [2.75, 3.05) is 47.5 Å². The van der Waals surface area contributed by atoms with E-state index >= 15 is 0 Å². The molecule has 0 fully saturated rings. The van der Waals surface area contributed by atoms with E-state index in [1.54, 1.807) is 0 Å². The molecule has 0 aliphatic rings. The van der Waals surface area contributed by atoms with E-state index in [4.69, 9.17) is 18.9 Å². The van der Waals surface area contributed by atoms with Gasteiger partial charge in [-0.25, -0.2) is 4.79 Å². The van der Waals surface area contributed by atoms with Crippen LogP contribution in [0.2, 0.25) is 0 Å². The average Bonchev–Trinajstić information content (AvgIpc) is 3.22. The summed E-state index contributed by atoms with van der Waals surface area (Å²) in [4.78, 5) is 37.2. The Balaban J connectivity index is 4.39. The molecule has 0 rings (SSSR count). The van der Waals surface area contributed by atoms with Gasteiger partial charge in [-0.15, -0.1) is 0 Å². The topological polar surface area (TPSA) is 108 Å². The summed E-state index contributed by atoms with van der Waals surface area (Å²) in [6, 6.07) is 0. The molecule has 2 unspecified atom stereocenters. The SMILES string of the molecule is CC/C=C\C/C=C\C/C=C\C/C=C\CCCCCCCCCCCCC(=O)OC(COC(=O)CCCCC/C=C\C/C=C\C/C=C\CC)COC(OCC[N+](C)(C)C)C(=O)O. The lowest BCUT2D eigenvalue weighted by Gasteiger charge is -2.25. The first-order chi connectivity index (χ1) is 29.6. The molecule has 0 spiro atoms. The van der Waals surface area contributed by atoms with Gasteiger partial charge in [0.25, 0.3) is 6.29 Å². The molecule has 0 aromatic rings. The zero-order valence-corrected chi connectivity index (χ0v) is 39.3. The quantitative estimate of drug-likeness (QED) is 0.0213. The van der Waals surface area contributed by atoms with E-state index in [1.807, 2.05) is 21.1 Å². The van der Waals surface area contributed by atoms with E-state index < -0.39 is 24.3 Å². The molecule has 348 valence electrons. The van der Waals surface area contributed by atoms with Crippen molar-refractivity contribution in [3.63, 3.8) is 0 Å². The van der Waals surface area contributed by atoms with Crippen LogP contribution in [0.5, 0.6) is 0 Å². The fourth-order valence-electron chi connectivity index (χ4n) is 6.02. The molecule has 0 bridgehead atoms. The Morgan fingerprint density at radius 2 is 0.885 bits per heavy atom. The number of carbonyl (C=O) groups excluding carboxylic acids is 2. The number of allylic oxidation sites excluding steroid dienone is 14. The Morgan fingerprint density at radius 3 is 1.33 bits per heavy atom. The Hall–Kier alpha value is -3.53. The van der Waals surface area contributed by atoms with Gasteiger partial charge in [0, 0.05) is 12.8 Å². The van der Waals surface area contributed by atoms with E-state index in [2.05, 4.69) is 98.9 Å². The summed E-state index contributed by atoms with van der Waals surface area (Å²) in [6.45, 7) is 4.58. The average molecular weight is 855 g/mol. The number of hydrogen-bond acceptors (Lipinski definition) is 7. The molecular formula is C52H88NO8+. The van der Waals surface area contributed by atoms with Crippen LogP contribution >= 0.6 is 0 Å². The van der Waals surface area contributed by atoms with Gasteiger partial charge >= 0.3 is 17.9 Å². The lowest BCUT2D eigenvalue weighted by atomic mass is 10.0. The molecule has 2 atom stereocenters. The fourth-order valence-corrected chi connectivity index (χ4v) is 6.02. The highest BCUT2D eigenvalue weighted by molar-refractivity contribution is 5.71. The number of esters is 2. The highest BCUT2D eigenvalue weighted by Gasteiger charge is 2.25. The smallest absolute Gasteiger partial charge is 0.361 e. The number of hydrogen-bond donors (Lipinski definition) is 1. The van der Waals surface area contributed by atoms with Crippen molar-refractivity contribution in [1.82, 2.24) is 0 Å². The maximum absolute atomic E-state index is 12.8. The number of carbonyl (C=O) groups is 3. The largest absolute Gasteiger partial charge is 0.477 e. The molecule has 9 nitrogen and oxygen atoms in total. The minimum atomic E-state index is -1.52. The lowest BCUT2D eigenvalue weighted by Crippen LogP contribution is -2.40. The van der Waals surface area contributed by atoms with E-state index in [9.17, 15) is 19.5 Å². The van der Waals surface area contributed by atoms with E-state index in [0.29, 0.717) is 23.9 Å². The number of ether oxygens (including phenoxy) is 4. The maximum Gasteiger partial charge on any atom is 0.361 e. The predicted molar refractivity (Wildman–Crippen MR) is 253 cm³/mol. The predicted octanol–water partition coefficient (Wildman–Crippen LogP) is 12.9. The van der Waals surface area contributed by atoms with E-state index in [0.717, 1.165) is 89.9 Å². The summed E-state index contributed by atoms with van der Waals surface area (Å²) in [5.41, 5.74) is 0. The molecule has 0 aliphatic carbocycles. The number of carboxylic acids is 1.